The van der Waals surface area contributed by atoms with Crippen molar-refractivity contribution in [2.75, 3.05) is 25.0 Å². The summed E-state index contributed by atoms with van der Waals surface area (Å²) in [6.45, 7) is 5.51. The molecule has 0 saturated carbocycles. The van der Waals surface area contributed by atoms with Gasteiger partial charge < -0.3 is 5.32 Å². The zero-order valence-corrected chi connectivity index (χ0v) is 14.3. The van der Waals surface area contributed by atoms with Crippen molar-refractivity contribution in [3.8, 4) is 5.69 Å². The Morgan fingerprint density at radius 1 is 1.30 bits per heavy atom. The molecule has 0 amide bonds. The van der Waals surface area contributed by atoms with Crippen LogP contribution in [-0.4, -0.2) is 34.3 Å². The van der Waals surface area contributed by atoms with E-state index in [-0.39, 0.29) is 0 Å². The maximum atomic E-state index is 6.41. The first kappa shape index (κ1) is 15.0. The predicted molar refractivity (Wildman–Crippen MR) is 94.6 cm³/mol. The summed E-state index contributed by atoms with van der Waals surface area (Å²) >= 11 is 6.41. The summed E-state index contributed by atoms with van der Waals surface area (Å²) in [6.07, 6.45) is 4.86. The third-order valence-corrected chi connectivity index (χ3v) is 5.42. The topological polar surface area (TPSA) is 33.1 Å². The molecule has 1 aromatic carbocycles. The van der Waals surface area contributed by atoms with E-state index in [1.54, 1.807) is 0 Å². The van der Waals surface area contributed by atoms with E-state index >= 15 is 0 Å². The summed E-state index contributed by atoms with van der Waals surface area (Å²) in [6, 6.07) is 8.40. The van der Waals surface area contributed by atoms with Crippen LogP contribution in [0.15, 0.2) is 24.3 Å². The molecule has 2 aliphatic rings. The fraction of sp³-hybridized carbons (Fsp3) is 0.500. The Hall–Kier alpha value is -1.52. The molecule has 1 unspecified atom stereocenters. The molecule has 0 aliphatic carbocycles. The normalized spacial score (nSPS) is 21.2. The second kappa shape index (κ2) is 6.17. The minimum atomic E-state index is 0.450. The average Bonchev–Trinajstić information content (AvgIpc) is 3.18. The Morgan fingerprint density at radius 3 is 3.00 bits per heavy atom. The summed E-state index contributed by atoms with van der Waals surface area (Å²) in [7, 11) is 0. The lowest BCUT2D eigenvalue weighted by Gasteiger charge is -2.34. The number of likely N-dealkylation sites (tertiary alicyclic amines) is 1. The Balaban J connectivity index is 1.80. The number of piperidine rings is 1. The SMILES string of the molecule is CCN1CCCCC1c1nn(-c2ccccc2Cl)c2c1CCN2. The molecule has 23 heavy (non-hydrogen) atoms. The zero-order chi connectivity index (χ0) is 15.8. The highest BCUT2D eigenvalue weighted by Gasteiger charge is 2.32. The lowest BCUT2D eigenvalue weighted by atomic mass is 9.96. The van der Waals surface area contributed by atoms with Gasteiger partial charge in [-0.15, -0.1) is 0 Å². The fourth-order valence-electron chi connectivity index (χ4n) is 3.95. The number of halogens is 1. The predicted octanol–water partition coefficient (Wildman–Crippen LogP) is 4.04. The monoisotopic (exact) mass is 330 g/mol. The van der Waals surface area contributed by atoms with Crippen LogP contribution in [0.25, 0.3) is 5.69 Å². The number of anilines is 1. The smallest absolute Gasteiger partial charge is 0.133 e. The molecule has 5 heteroatoms. The van der Waals surface area contributed by atoms with Crippen LogP contribution in [0, 0.1) is 0 Å². The molecule has 4 nitrogen and oxygen atoms in total. The molecule has 1 aromatic heterocycles. The Labute approximate surface area is 142 Å². The van der Waals surface area contributed by atoms with Crippen molar-refractivity contribution in [1.82, 2.24) is 14.7 Å². The molecule has 1 saturated heterocycles. The molecule has 3 heterocycles. The van der Waals surface area contributed by atoms with Gasteiger partial charge in [-0.1, -0.05) is 37.1 Å². The van der Waals surface area contributed by atoms with Gasteiger partial charge >= 0.3 is 0 Å². The standard InChI is InChI=1S/C18H23ClN4/c1-2-22-12-6-5-9-16(22)17-13-10-11-20-18(13)23(21-17)15-8-4-3-7-14(15)19/h3-4,7-8,16,20H,2,5-6,9-12H2,1H3. The van der Waals surface area contributed by atoms with Gasteiger partial charge in [-0.3, -0.25) is 4.90 Å². The van der Waals surface area contributed by atoms with E-state index in [9.17, 15) is 0 Å². The number of para-hydroxylation sites is 1. The van der Waals surface area contributed by atoms with Gasteiger partial charge in [0.25, 0.3) is 0 Å². The van der Waals surface area contributed by atoms with Gasteiger partial charge in [0.15, 0.2) is 0 Å². The first-order valence-corrected chi connectivity index (χ1v) is 9.02. The minimum absolute atomic E-state index is 0.450. The fourth-order valence-corrected chi connectivity index (χ4v) is 4.16. The summed E-state index contributed by atoms with van der Waals surface area (Å²) in [5, 5.41) is 9.27. The van der Waals surface area contributed by atoms with Crippen LogP contribution in [0.4, 0.5) is 5.82 Å². The summed E-state index contributed by atoms with van der Waals surface area (Å²) < 4.78 is 2.02. The summed E-state index contributed by atoms with van der Waals surface area (Å²) in [4.78, 5) is 2.57. The molecular formula is C18H23ClN4. The zero-order valence-electron chi connectivity index (χ0n) is 13.6. The molecule has 122 valence electrons. The number of rotatable bonds is 3. The molecule has 1 N–H and O–H groups in total. The number of nitrogens with zero attached hydrogens (tertiary/aromatic N) is 3. The molecule has 2 aromatic rings. The van der Waals surface area contributed by atoms with Crippen molar-refractivity contribution >= 4 is 17.4 Å². The number of benzene rings is 1. The molecule has 2 aliphatic heterocycles. The lowest BCUT2D eigenvalue weighted by molar-refractivity contribution is 0.153. The van der Waals surface area contributed by atoms with Gasteiger partial charge in [0.2, 0.25) is 0 Å². The second-order valence-corrected chi connectivity index (χ2v) is 6.80. The Kier molecular flexibility index (Phi) is 4.04. The molecule has 4 rings (SSSR count). The van der Waals surface area contributed by atoms with Crippen LogP contribution >= 0.6 is 11.6 Å². The number of nitrogens with one attached hydrogen (secondary N) is 1. The van der Waals surface area contributed by atoms with Crippen LogP contribution < -0.4 is 5.32 Å². The summed E-state index contributed by atoms with van der Waals surface area (Å²) in [5.41, 5.74) is 3.60. The molecule has 0 radical (unpaired) electrons. The quantitative estimate of drug-likeness (QED) is 0.922. The lowest BCUT2D eigenvalue weighted by Crippen LogP contribution is -2.34. The van der Waals surface area contributed by atoms with Gasteiger partial charge in [-0.2, -0.15) is 5.10 Å². The van der Waals surface area contributed by atoms with Crippen molar-refractivity contribution in [3.05, 3.63) is 40.5 Å². The molecular weight excluding hydrogens is 308 g/mol. The Bertz CT molecular complexity index is 709. The number of hydrogen-bond donors (Lipinski definition) is 1. The highest BCUT2D eigenvalue weighted by molar-refractivity contribution is 6.32. The van der Waals surface area contributed by atoms with Gasteiger partial charge in [0.1, 0.15) is 5.82 Å². The summed E-state index contributed by atoms with van der Waals surface area (Å²) in [5.74, 6) is 1.13. The number of hydrogen-bond acceptors (Lipinski definition) is 3. The molecule has 1 fully saturated rings. The highest BCUT2D eigenvalue weighted by Crippen LogP contribution is 2.38. The van der Waals surface area contributed by atoms with Crippen LogP contribution in [0.5, 0.6) is 0 Å². The van der Waals surface area contributed by atoms with Gasteiger partial charge in [-0.25, -0.2) is 4.68 Å². The second-order valence-electron chi connectivity index (χ2n) is 6.39. The van der Waals surface area contributed by atoms with Crippen LogP contribution in [-0.2, 0) is 6.42 Å². The van der Waals surface area contributed by atoms with E-state index in [1.165, 1.54) is 37.1 Å². The van der Waals surface area contributed by atoms with Crippen LogP contribution in [0.2, 0.25) is 5.02 Å². The first-order valence-electron chi connectivity index (χ1n) is 8.64. The highest BCUT2D eigenvalue weighted by atomic mass is 35.5. The third-order valence-electron chi connectivity index (χ3n) is 5.10. The first-order chi connectivity index (χ1) is 11.3. The number of aromatic nitrogens is 2. The Morgan fingerprint density at radius 2 is 2.17 bits per heavy atom. The maximum absolute atomic E-state index is 6.41. The van der Waals surface area contributed by atoms with E-state index < -0.39 is 0 Å². The molecule has 1 atom stereocenters. The van der Waals surface area contributed by atoms with Crippen molar-refractivity contribution in [2.45, 2.75) is 38.6 Å². The van der Waals surface area contributed by atoms with E-state index in [2.05, 4.69) is 17.1 Å². The van der Waals surface area contributed by atoms with Crippen LogP contribution in [0.3, 0.4) is 0 Å². The van der Waals surface area contributed by atoms with Gasteiger partial charge in [-0.05, 0) is 44.5 Å². The van der Waals surface area contributed by atoms with Gasteiger partial charge in [0.05, 0.1) is 22.4 Å². The van der Waals surface area contributed by atoms with Gasteiger partial charge in [0, 0.05) is 12.1 Å². The van der Waals surface area contributed by atoms with Crippen molar-refractivity contribution in [3.63, 3.8) is 0 Å². The van der Waals surface area contributed by atoms with Crippen molar-refractivity contribution in [1.29, 1.82) is 0 Å². The van der Waals surface area contributed by atoms with Crippen molar-refractivity contribution < 1.29 is 0 Å². The van der Waals surface area contributed by atoms with Crippen LogP contribution in [0.1, 0.15) is 43.5 Å². The van der Waals surface area contributed by atoms with E-state index in [4.69, 9.17) is 16.7 Å². The van der Waals surface area contributed by atoms with Crippen molar-refractivity contribution in [2.24, 2.45) is 0 Å². The largest absolute Gasteiger partial charge is 0.369 e. The molecule has 0 bridgehead atoms. The maximum Gasteiger partial charge on any atom is 0.133 e. The average molecular weight is 331 g/mol. The third kappa shape index (κ3) is 2.54. The minimum Gasteiger partial charge on any atom is -0.369 e. The number of fused-ring (bicyclic) bond motifs is 1. The van der Waals surface area contributed by atoms with E-state index in [0.717, 1.165) is 36.0 Å². The van der Waals surface area contributed by atoms with E-state index in [1.807, 2.05) is 28.9 Å². The molecule has 0 spiro atoms. The van der Waals surface area contributed by atoms with E-state index in [0.29, 0.717) is 6.04 Å².